The van der Waals surface area contributed by atoms with E-state index >= 15 is 0 Å². The van der Waals surface area contributed by atoms with E-state index < -0.39 is 24.5 Å². The summed E-state index contributed by atoms with van der Waals surface area (Å²) in [5, 5.41) is 16.1. The van der Waals surface area contributed by atoms with Crippen LogP contribution in [0, 0.1) is 9.86 Å². The molecule has 3 N–H and O–H groups in total. The zero-order chi connectivity index (χ0) is 27.1. The number of benzene rings is 1. The maximum atomic E-state index is 12.5. The number of amides is 1. The minimum atomic E-state index is -3.07. The Kier molecular flexibility index (Phi) is 11.7. The summed E-state index contributed by atoms with van der Waals surface area (Å²) in [6.07, 6.45) is 0.368. The first-order valence-corrected chi connectivity index (χ1v) is 18.6. The number of rotatable bonds is 9. The second kappa shape index (κ2) is 12.8. The fraction of sp³-hybridized carbons (Fsp3) is 0.690. The zero-order valence-electron chi connectivity index (χ0n) is 24.1. The molecule has 0 aliphatic heterocycles. The predicted molar refractivity (Wildman–Crippen MR) is 152 cm³/mol. The van der Waals surface area contributed by atoms with Crippen molar-refractivity contribution in [3.05, 3.63) is 24.3 Å². The van der Waals surface area contributed by atoms with Crippen LogP contribution in [0.4, 0.5) is 5.69 Å². The van der Waals surface area contributed by atoms with Crippen LogP contribution in [0.25, 0.3) is 0 Å². The standard InChI is InChI=1S/C17H23N2O3.3C4H9.Sn/c1-4-5-6-17(21)19-14-7-9-16(10-8-14)22-12-15(20)11-18-13(2)3;3*1-4(2)3;/h7-10,13,15,18,20H,5-6,11-12H2,2-3H3,(H,19,21);3*1-3H3;/t15-;;;;/m0..../s1. The van der Waals surface area contributed by atoms with Crippen molar-refractivity contribution < 1.29 is 14.6 Å². The fourth-order valence-electron chi connectivity index (χ4n) is 5.79. The average molecular weight is 593 g/mol. The number of hydrogen-bond acceptors (Lipinski definition) is 4. The first-order chi connectivity index (χ1) is 15.9. The van der Waals surface area contributed by atoms with E-state index in [2.05, 4.69) is 82.8 Å². The van der Waals surface area contributed by atoms with E-state index in [0.717, 1.165) is 5.69 Å². The molecule has 1 aromatic carbocycles. The maximum absolute atomic E-state index is 12.5. The normalized spacial score (nSPS) is 13.7. The van der Waals surface area contributed by atoms with E-state index in [1.54, 1.807) is 12.1 Å². The van der Waals surface area contributed by atoms with Gasteiger partial charge in [0.2, 0.25) is 0 Å². The second-order valence-corrected chi connectivity index (χ2v) is 30.7. The van der Waals surface area contributed by atoms with Crippen molar-refractivity contribution in [3.8, 4) is 15.6 Å². The van der Waals surface area contributed by atoms with Gasteiger partial charge in [-0.2, -0.15) is 0 Å². The molecule has 0 fully saturated rings. The van der Waals surface area contributed by atoms with Gasteiger partial charge < -0.3 is 10.4 Å². The Morgan fingerprint density at radius 1 is 0.971 bits per heavy atom. The zero-order valence-corrected chi connectivity index (χ0v) is 26.9. The molecule has 1 amide bonds. The third kappa shape index (κ3) is 9.30. The van der Waals surface area contributed by atoms with Crippen molar-refractivity contribution in [1.82, 2.24) is 5.32 Å². The van der Waals surface area contributed by atoms with E-state index in [1.165, 1.54) is 0 Å². The molecule has 0 aliphatic rings. The molecule has 35 heavy (non-hydrogen) atoms. The van der Waals surface area contributed by atoms with E-state index in [1.807, 2.05) is 26.0 Å². The van der Waals surface area contributed by atoms with Crippen LogP contribution in [-0.4, -0.2) is 54.7 Å². The van der Waals surface area contributed by atoms with Crippen LogP contribution in [0.3, 0.4) is 0 Å². The molecule has 0 aliphatic carbocycles. The molecule has 0 spiro atoms. The van der Waals surface area contributed by atoms with Gasteiger partial charge in [0.05, 0.1) is 0 Å². The number of anilines is 1. The van der Waals surface area contributed by atoms with Gasteiger partial charge >= 0.3 is 177 Å². The van der Waals surface area contributed by atoms with Crippen molar-refractivity contribution in [1.29, 1.82) is 0 Å². The van der Waals surface area contributed by atoms with Gasteiger partial charge in [-0.05, 0) is 0 Å². The van der Waals surface area contributed by atoms with E-state index in [-0.39, 0.29) is 22.8 Å². The van der Waals surface area contributed by atoms with Crippen LogP contribution >= 0.6 is 0 Å². The Hall–Kier alpha value is -1.23. The third-order valence-corrected chi connectivity index (χ3v) is 27.3. The summed E-state index contributed by atoms with van der Waals surface area (Å²) < 4.78 is 10.1. The summed E-state index contributed by atoms with van der Waals surface area (Å²) in [5.74, 6) is 4.07. The van der Waals surface area contributed by atoms with Crippen molar-refractivity contribution in [3.63, 3.8) is 0 Å². The van der Waals surface area contributed by atoms with Crippen molar-refractivity contribution in [2.45, 2.75) is 111 Å². The number of nitrogens with one attached hydrogen (secondary N) is 2. The Balaban J connectivity index is 2.71. The molecule has 1 rings (SSSR count). The first-order valence-electron chi connectivity index (χ1n) is 12.8. The molecule has 0 bridgehead atoms. The number of carbonyl (C=O) groups is 1. The molecule has 0 heterocycles. The van der Waals surface area contributed by atoms with Crippen LogP contribution in [0.1, 0.15) is 89.0 Å². The molecule has 0 radical (unpaired) electrons. The Morgan fingerprint density at radius 3 is 1.94 bits per heavy atom. The molecule has 1 atom stereocenters. The molecule has 0 saturated heterocycles. The summed E-state index contributed by atoms with van der Waals surface area (Å²) in [4.78, 5) is 12.5. The van der Waals surface area contributed by atoms with Gasteiger partial charge in [-0.1, -0.05) is 13.8 Å². The van der Waals surface area contributed by atoms with Gasteiger partial charge in [0.25, 0.3) is 0 Å². The van der Waals surface area contributed by atoms with E-state index in [0.29, 0.717) is 31.2 Å². The third-order valence-electron chi connectivity index (χ3n) is 6.47. The van der Waals surface area contributed by atoms with Crippen LogP contribution in [0.2, 0.25) is 10.3 Å². The van der Waals surface area contributed by atoms with Gasteiger partial charge in [0, 0.05) is 12.6 Å². The van der Waals surface area contributed by atoms with Crippen LogP contribution < -0.4 is 15.4 Å². The predicted octanol–water partition coefficient (Wildman–Crippen LogP) is 6.53. The van der Waals surface area contributed by atoms with Crippen molar-refractivity contribution >= 4 is 30.0 Å². The number of carbonyl (C=O) groups excluding carboxylic acids is 1. The Morgan fingerprint density at radius 2 is 1.49 bits per heavy atom. The van der Waals surface area contributed by atoms with Gasteiger partial charge in [0.15, 0.2) is 0 Å². The number of ether oxygens (including phenoxy) is 1. The Labute approximate surface area is 219 Å². The quantitative estimate of drug-likeness (QED) is 0.225. The fourth-order valence-corrected chi connectivity index (χ4v) is 29.4. The van der Waals surface area contributed by atoms with Crippen LogP contribution in [-0.2, 0) is 4.79 Å². The van der Waals surface area contributed by atoms with Gasteiger partial charge in [-0.25, -0.2) is 0 Å². The number of aliphatic hydroxyl groups excluding tert-OH is 1. The van der Waals surface area contributed by atoms with Gasteiger partial charge in [0.1, 0.15) is 6.10 Å². The van der Waals surface area contributed by atoms with E-state index in [4.69, 9.17) is 4.74 Å². The summed E-state index contributed by atoms with van der Waals surface area (Å²) in [6, 6.07) is 7.56. The SMILES string of the molecule is CC(C)NC[C@H](O)COc1ccc(NC(=O)CCC#[C][Sn]([C](C)(C)C)([C](C)(C)C)[C](C)(C)C)cc1. The molecule has 0 aromatic heterocycles. The monoisotopic (exact) mass is 594 g/mol. The summed E-state index contributed by atoms with van der Waals surface area (Å²) in [6.45, 7) is 26.0. The van der Waals surface area contributed by atoms with Crippen molar-refractivity contribution in [2.75, 3.05) is 18.5 Å². The van der Waals surface area contributed by atoms with Gasteiger partial charge in [-0.15, -0.1) is 0 Å². The topological polar surface area (TPSA) is 70.6 Å². The second-order valence-electron chi connectivity index (χ2n) is 12.9. The molecule has 0 unspecified atom stereocenters. The molecule has 0 saturated carbocycles. The minimum absolute atomic E-state index is 0.0359. The van der Waals surface area contributed by atoms with E-state index in [9.17, 15) is 9.90 Å². The van der Waals surface area contributed by atoms with Crippen molar-refractivity contribution in [2.24, 2.45) is 0 Å². The first kappa shape index (κ1) is 31.8. The summed E-state index contributed by atoms with van der Waals surface area (Å²) in [5.41, 5.74) is 0.727. The molecule has 198 valence electrons. The Bertz CT molecular complexity index is 827. The molecular formula is C29H50N2O3Sn. The number of hydrogen-bond donors (Lipinski definition) is 3. The average Bonchev–Trinajstić information content (AvgIpc) is 2.68. The number of aliphatic hydroxyl groups is 1. The molecule has 1 aromatic rings. The summed E-state index contributed by atoms with van der Waals surface area (Å²) in [7, 11) is 0. The van der Waals surface area contributed by atoms with Crippen LogP contribution in [0.5, 0.6) is 5.75 Å². The molecule has 5 nitrogen and oxygen atoms in total. The molecule has 6 heteroatoms. The summed E-state index contributed by atoms with van der Waals surface area (Å²) >= 11 is -3.07. The molecular weight excluding hydrogens is 543 g/mol. The van der Waals surface area contributed by atoms with Crippen LogP contribution in [0.15, 0.2) is 24.3 Å². The van der Waals surface area contributed by atoms with Gasteiger partial charge in [-0.3, -0.25) is 0 Å².